The van der Waals surface area contributed by atoms with E-state index in [1.54, 1.807) is 6.92 Å². The molecule has 0 bridgehead atoms. The largest absolute Gasteiger partial charge is 0.483 e. The smallest absolute Gasteiger partial charge is 0.370 e. The minimum Gasteiger partial charge on any atom is -0.483 e. The zero-order valence-corrected chi connectivity index (χ0v) is 5.83. The number of carboxylic acids is 1. The number of aliphatic carboxylic acids is 1. The Hall–Kier alpha value is -1.25. The van der Waals surface area contributed by atoms with Crippen LogP contribution in [0.3, 0.4) is 0 Å². The summed E-state index contributed by atoms with van der Waals surface area (Å²) >= 11 is 0. The van der Waals surface area contributed by atoms with E-state index in [0.29, 0.717) is 0 Å². The van der Waals surface area contributed by atoms with Crippen LogP contribution >= 0.6 is 0 Å². The highest BCUT2D eigenvalue weighted by molar-refractivity contribution is 5.84. The molecule has 0 radical (unpaired) electrons. The summed E-state index contributed by atoms with van der Waals surface area (Å²) in [7, 11) is 0. The molecule has 0 aromatic rings. The first-order chi connectivity index (χ1) is 4.72. The summed E-state index contributed by atoms with van der Waals surface area (Å²) in [6, 6.07) is 0. The summed E-state index contributed by atoms with van der Waals surface area (Å²) in [6.07, 6.45) is 2.89. The topological polar surface area (TPSA) is 46.5 Å². The number of carboxylic acid groups (broad SMARTS) is 1. The first-order valence-corrected chi connectivity index (χ1v) is 2.85. The van der Waals surface area contributed by atoms with Crippen LogP contribution in [-0.2, 0) is 9.53 Å². The first kappa shape index (κ1) is 8.75. The molecule has 3 nitrogen and oxygen atoms in total. The zero-order valence-electron chi connectivity index (χ0n) is 5.83. The van der Waals surface area contributed by atoms with E-state index in [-0.39, 0.29) is 12.4 Å². The summed E-state index contributed by atoms with van der Waals surface area (Å²) in [6.45, 7) is 5.21. The molecule has 3 heteroatoms. The van der Waals surface area contributed by atoms with Gasteiger partial charge in [-0.3, -0.25) is 0 Å². The molecule has 0 aliphatic carbocycles. The zero-order chi connectivity index (χ0) is 7.98. The number of allylic oxidation sites excluding steroid dienone is 1. The first-order valence-electron chi connectivity index (χ1n) is 2.85. The molecule has 10 heavy (non-hydrogen) atoms. The standard InChI is InChI=1S/C7H10O3/c1-3-5-10-6(4-2)7(8)9/h3-4H,1,5H2,2H3,(H,8,9). The fourth-order valence-corrected chi connectivity index (χ4v) is 0.417. The van der Waals surface area contributed by atoms with Gasteiger partial charge in [0, 0.05) is 0 Å². The minimum atomic E-state index is -1.05. The quantitative estimate of drug-likeness (QED) is 0.364. The van der Waals surface area contributed by atoms with Crippen LogP contribution in [0.2, 0.25) is 0 Å². The molecule has 56 valence electrons. The van der Waals surface area contributed by atoms with Crippen molar-refractivity contribution < 1.29 is 14.6 Å². The van der Waals surface area contributed by atoms with Crippen LogP contribution < -0.4 is 0 Å². The Morgan fingerprint density at radius 3 is 2.70 bits per heavy atom. The Bertz CT molecular complexity index is 158. The van der Waals surface area contributed by atoms with Gasteiger partial charge in [-0.15, -0.1) is 0 Å². The van der Waals surface area contributed by atoms with Gasteiger partial charge >= 0.3 is 5.97 Å². The lowest BCUT2D eigenvalue weighted by Gasteiger charge is -2.00. The Morgan fingerprint density at radius 2 is 2.40 bits per heavy atom. The van der Waals surface area contributed by atoms with E-state index in [4.69, 9.17) is 9.84 Å². The summed E-state index contributed by atoms with van der Waals surface area (Å²) in [5.74, 6) is -1.09. The molecule has 0 heterocycles. The van der Waals surface area contributed by atoms with E-state index in [2.05, 4.69) is 6.58 Å². The van der Waals surface area contributed by atoms with Gasteiger partial charge in [-0.1, -0.05) is 12.7 Å². The average molecular weight is 142 g/mol. The SMILES string of the molecule is C=CCOC(=CC)C(=O)O. The average Bonchev–Trinajstić information content (AvgIpc) is 1.89. The molecular weight excluding hydrogens is 132 g/mol. The van der Waals surface area contributed by atoms with Gasteiger partial charge in [0.2, 0.25) is 0 Å². The van der Waals surface area contributed by atoms with Crippen molar-refractivity contribution in [1.82, 2.24) is 0 Å². The molecule has 0 aromatic heterocycles. The summed E-state index contributed by atoms with van der Waals surface area (Å²) in [4.78, 5) is 10.2. The lowest BCUT2D eigenvalue weighted by Crippen LogP contribution is -2.04. The molecule has 0 atom stereocenters. The van der Waals surface area contributed by atoms with Crippen molar-refractivity contribution in [3.05, 3.63) is 24.5 Å². The Kier molecular flexibility index (Phi) is 4.04. The lowest BCUT2D eigenvalue weighted by molar-refractivity contribution is -0.136. The van der Waals surface area contributed by atoms with Gasteiger partial charge < -0.3 is 9.84 Å². The fourth-order valence-electron chi connectivity index (χ4n) is 0.417. The highest BCUT2D eigenvalue weighted by atomic mass is 16.5. The van der Waals surface area contributed by atoms with Crippen molar-refractivity contribution in [2.45, 2.75) is 6.92 Å². The Morgan fingerprint density at radius 1 is 1.80 bits per heavy atom. The monoisotopic (exact) mass is 142 g/mol. The van der Waals surface area contributed by atoms with Crippen LogP contribution in [0.1, 0.15) is 6.92 Å². The van der Waals surface area contributed by atoms with Crippen molar-refractivity contribution in [3.8, 4) is 0 Å². The summed E-state index contributed by atoms with van der Waals surface area (Å²) in [5.41, 5.74) is 0. The molecule has 0 spiro atoms. The Balaban J connectivity index is 3.85. The van der Waals surface area contributed by atoms with Crippen LogP contribution in [0.5, 0.6) is 0 Å². The van der Waals surface area contributed by atoms with E-state index in [1.165, 1.54) is 12.2 Å². The van der Waals surface area contributed by atoms with Gasteiger partial charge in [0.1, 0.15) is 6.61 Å². The molecule has 0 saturated carbocycles. The van der Waals surface area contributed by atoms with Gasteiger partial charge in [0.25, 0.3) is 0 Å². The number of hydrogen-bond acceptors (Lipinski definition) is 2. The number of ether oxygens (including phenoxy) is 1. The molecule has 0 rings (SSSR count). The van der Waals surface area contributed by atoms with Crippen molar-refractivity contribution in [3.63, 3.8) is 0 Å². The molecule has 0 aromatic carbocycles. The predicted octanol–water partition coefficient (Wildman–Crippen LogP) is 1.18. The van der Waals surface area contributed by atoms with E-state index in [1.807, 2.05) is 0 Å². The molecule has 0 aliphatic rings. The molecule has 0 amide bonds. The van der Waals surface area contributed by atoms with Gasteiger partial charge in [-0.2, -0.15) is 0 Å². The highest BCUT2D eigenvalue weighted by Crippen LogP contribution is 1.95. The van der Waals surface area contributed by atoms with Crippen molar-refractivity contribution in [1.29, 1.82) is 0 Å². The van der Waals surface area contributed by atoms with Gasteiger partial charge in [0.05, 0.1) is 0 Å². The molecule has 0 aliphatic heterocycles. The summed E-state index contributed by atoms with van der Waals surface area (Å²) < 4.78 is 4.75. The maximum atomic E-state index is 10.2. The second kappa shape index (κ2) is 4.61. The van der Waals surface area contributed by atoms with E-state index in [9.17, 15) is 4.79 Å². The van der Waals surface area contributed by atoms with E-state index < -0.39 is 5.97 Å². The highest BCUT2D eigenvalue weighted by Gasteiger charge is 2.04. The number of carbonyl (C=O) groups is 1. The van der Waals surface area contributed by atoms with Crippen LogP contribution in [0.4, 0.5) is 0 Å². The van der Waals surface area contributed by atoms with Gasteiger partial charge in [-0.05, 0) is 13.0 Å². The molecular formula is C7H10O3. The molecule has 0 saturated heterocycles. The second-order valence-corrected chi connectivity index (χ2v) is 1.56. The molecule has 0 unspecified atom stereocenters. The van der Waals surface area contributed by atoms with Crippen LogP contribution in [0.25, 0.3) is 0 Å². The predicted molar refractivity (Wildman–Crippen MR) is 37.5 cm³/mol. The molecule has 0 fully saturated rings. The van der Waals surface area contributed by atoms with Crippen LogP contribution in [0, 0.1) is 0 Å². The van der Waals surface area contributed by atoms with Crippen molar-refractivity contribution >= 4 is 5.97 Å². The van der Waals surface area contributed by atoms with Crippen molar-refractivity contribution in [2.75, 3.05) is 6.61 Å². The maximum absolute atomic E-state index is 10.2. The number of hydrogen-bond donors (Lipinski definition) is 1. The third-order valence-electron chi connectivity index (χ3n) is 0.830. The van der Waals surface area contributed by atoms with Gasteiger partial charge in [0.15, 0.2) is 5.76 Å². The van der Waals surface area contributed by atoms with Crippen LogP contribution in [-0.4, -0.2) is 17.7 Å². The van der Waals surface area contributed by atoms with E-state index in [0.717, 1.165) is 0 Å². The van der Waals surface area contributed by atoms with Gasteiger partial charge in [-0.25, -0.2) is 4.79 Å². The fraction of sp³-hybridized carbons (Fsp3) is 0.286. The number of rotatable bonds is 4. The van der Waals surface area contributed by atoms with Crippen molar-refractivity contribution in [2.24, 2.45) is 0 Å². The van der Waals surface area contributed by atoms with E-state index >= 15 is 0 Å². The second-order valence-electron chi connectivity index (χ2n) is 1.56. The van der Waals surface area contributed by atoms with Crippen LogP contribution in [0.15, 0.2) is 24.5 Å². The Labute approximate surface area is 59.6 Å². The maximum Gasteiger partial charge on any atom is 0.370 e. The minimum absolute atomic E-state index is 0.0418. The molecule has 1 N–H and O–H groups in total. The summed E-state index contributed by atoms with van der Waals surface area (Å²) in [5, 5.41) is 8.37. The third-order valence-corrected chi connectivity index (χ3v) is 0.830. The third kappa shape index (κ3) is 2.91. The lowest BCUT2D eigenvalue weighted by atomic mass is 10.5. The normalized spacial score (nSPS) is 10.7.